The van der Waals surface area contributed by atoms with Crippen molar-refractivity contribution in [2.24, 2.45) is 0 Å². The first-order valence-electron chi connectivity index (χ1n) is 9.35. The molecule has 5 rings (SSSR count). The van der Waals surface area contributed by atoms with Crippen LogP contribution in [0.15, 0.2) is 48.5 Å². The van der Waals surface area contributed by atoms with Gasteiger partial charge in [-0.1, -0.05) is 11.3 Å². The van der Waals surface area contributed by atoms with E-state index in [1.807, 2.05) is 48.5 Å². The molecule has 156 valence electrons. The number of ether oxygens (including phenoxy) is 3. The van der Waals surface area contributed by atoms with Gasteiger partial charge in [0, 0.05) is 11.6 Å². The molecule has 0 saturated carbocycles. The van der Waals surface area contributed by atoms with Gasteiger partial charge in [0.05, 0.1) is 32.6 Å². The molecule has 3 heterocycles. The Bertz CT molecular complexity index is 1360. The first-order chi connectivity index (χ1) is 15.2. The Hall–Kier alpha value is -3.92. The highest BCUT2D eigenvalue weighted by Crippen LogP contribution is 2.36. The number of hydrogen-bond acceptors (Lipinski definition) is 8. The van der Waals surface area contributed by atoms with E-state index in [0.717, 1.165) is 33.3 Å². The minimum absolute atomic E-state index is 0.581. The number of nitrogens with one attached hydrogen (secondary N) is 1. The summed E-state index contributed by atoms with van der Waals surface area (Å²) in [4.78, 5) is 0.670. The highest BCUT2D eigenvalue weighted by molar-refractivity contribution is 7.19. The Morgan fingerprint density at radius 1 is 0.871 bits per heavy atom. The van der Waals surface area contributed by atoms with Crippen LogP contribution in [0.1, 0.15) is 0 Å². The third-order valence-electron chi connectivity index (χ3n) is 4.83. The van der Waals surface area contributed by atoms with Crippen molar-refractivity contribution in [3.63, 3.8) is 0 Å². The summed E-state index contributed by atoms with van der Waals surface area (Å²) in [5, 5.41) is 21.5. The van der Waals surface area contributed by atoms with E-state index in [4.69, 9.17) is 19.3 Å². The second-order valence-corrected chi connectivity index (χ2v) is 7.54. The van der Waals surface area contributed by atoms with Crippen molar-refractivity contribution in [2.45, 2.75) is 0 Å². The van der Waals surface area contributed by atoms with Crippen LogP contribution in [0.5, 0.6) is 17.2 Å². The smallest absolute Gasteiger partial charge is 0.235 e. The zero-order valence-electron chi connectivity index (χ0n) is 17.0. The lowest BCUT2D eigenvalue weighted by Gasteiger charge is -2.07. The molecule has 9 nitrogen and oxygen atoms in total. The van der Waals surface area contributed by atoms with Crippen LogP contribution in [-0.4, -0.2) is 51.3 Å². The summed E-state index contributed by atoms with van der Waals surface area (Å²) in [6.07, 6.45) is 0. The van der Waals surface area contributed by atoms with Crippen LogP contribution in [0.4, 0.5) is 0 Å². The zero-order valence-corrected chi connectivity index (χ0v) is 17.8. The fraction of sp³-hybridized carbons (Fsp3) is 0.143. The Morgan fingerprint density at radius 3 is 2.39 bits per heavy atom. The van der Waals surface area contributed by atoms with Crippen LogP contribution < -0.4 is 14.2 Å². The Kier molecular flexibility index (Phi) is 4.75. The Balaban J connectivity index is 1.51. The van der Waals surface area contributed by atoms with E-state index >= 15 is 0 Å². The van der Waals surface area contributed by atoms with Crippen LogP contribution >= 0.6 is 11.3 Å². The van der Waals surface area contributed by atoms with Gasteiger partial charge in [-0.05, 0) is 42.5 Å². The minimum atomic E-state index is 0.581. The van der Waals surface area contributed by atoms with E-state index in [0.29, 0.717) is 22.3 Å². The summed E-state index contributed by atoms with van der Waals surface area (Å²) in [6.45, 7) is 0. The lowest BCUT2D eigenvalue weighted by molar-refractivity contribution is 0.395. The van der Waals surface area contributed by atoms with Crippen molar-refractivity contribution in [3.05, 3.63) is 48.5 Å². The number of fused-ring (bicyclic) bond motifs is 1. The van der Waals surface area contributed by atoms with Crippen molar-refractivity contribution in [1.82, 2.24) is 30.0 Å². The van der Waals surface area contributed by atoms with Crippen molar-refractivity contribution in [3.8, 4) is 50.6 Å². The van der Waals surface area contributed by atoms with E-state index in [2.05, 4.69) is 20.4 Å². The predicted octanol–water partition coefficient (Wildman–Crippen LogP) is 3.94. The van der Waals surface area contributed by atoms with E-state index in [-0.39, 0.29) is 0 Å². The quantitative estimate of drug-likeness (QED) is 0.432. The van der Waals surface area contributed by atoms with Gasteiger partial charge in [-0.2, -0.15) is 14.7 Å². The monoisotopic (exact) mass is 434 g/mol. The van der Waals surface area contributed by atoms with Gasteiger partial charge in [-0.15, -0.1) is 10.2 Å². The first kappa shape index (κ1) is 19.1. The molecule has 0 amide bonds. The summed E-state index contributed by atoms with van der Waals surface area (Å²) in [5.41, 5.74) is 3.33. The number of H-pyrrole nitrogens is 1. The average Bonchev–Trinajstić information content (AvgIpc) is 3.54. The predicted molar refractivity (Wildman–Crippen MR) is 117 cm³/mol. The minimum Gasteiger partial charge on any atom is -0.497 e. The summed E-state index contributed by atoms with van der Waals surface area (Å²) in [6, 6.07) is 15.2. The first-order valence-corrected chi connectivity index (χ1v) is 10.2. The number of aromatic nitrogens is 6. The Morgan fingerprint density at radius 2 is 1.65 bits per heavy atom. The summed E-state index contributed by atoms with van der Waals surface area (Å²) in [7, 11) is 4.88. The van der Waals surface area contributed by atoms with Crippen molar-refractivity contribution >= 4 is 16.3 Å². The molecule has 0 atom stereocenters. The third kappa shape index (κ3) is 3.36. The molecule has 0 bridgehead atoms. The topological polar surface area (TPSA) is 99.5 Å². The molecule has 10 heteroatoms. The van der Waals surface area contributed by atoms with Crippen molar-refractivity contribution in [1.29, 1.82) is 0 Å². The van der Waals surface area contributed by atoms with Gasteiger partial charge in [-0.3, -0.25) is 5.10 Å². The fourth-order valence-electron chi connectivity index (χ4n) is 3.21. The molecule has 0 unspecified atom stereocenters. The van der Waals surface area contributed by atoms with E-state index in [1.165, 1.54) is 11.3 Å². The molecule has 0 aliphatic rings. The SMILES string of the molecule is COc1ccc(-c2cc(-c3nnc4sc(-c5ccc(OC)cc5OC)nn34)[nH]n2)cc1. The molecule has 0 radical (unpaired) electrons. The zero-order chi connectivity index (χ0) is 21.4. The maximum absolute atomic E-state index is 5.51. The molecule has 0 spiro atoms. The maximum Gasteiger partial charge on any atom is 0.235 e. The number of hydrogen-bond donors (Lipinski definition) is 1. The number of methoxy groups -OCH3 is 3. The largest absolute Gasteiger partial charge is 0.497 e. The van der Waals surface area contributed by atoms with Crippen LogP contribution in [0.3, 0.4) is 0 Å². The van der Waals surface area contributed by atoms with Crippen LogP contribution in [-0.2, 0) is 0 Å². The average molecular weight is 434 g/mol. The van der Waals surface area contributed by atoms with Gasteiger partial charge in [-0.25, -0.2) is 0 Å². The van der Waals surface area contributed by atoms with Gasteiger partial charge >= 0.3 is 0 Å². The van der Waals surface area contributed by atoms with Crippen molar-refractivity contribution < 1.29 is 14.2 Å². The lowest BCUT2D eigenvalue weighted by Crippen LogP contribution is -1.93. The lowest BCUT2D eigenvalue weighted by atomic mass is 10.1. The van der Waals surface area contributed by atoms with Gasteiger partial charge in [0.2, 0.25) is 10.8 Å². The highest BCUT2D eigenvalue weighted by Gasteiger charge is 2.19. The van der Waals surface area contributed by atoms with Gasteiger partial charge < -0.3 is 14.2 Å². The number of benzene rings is 2. The molecule has 0 saturated heterocycles. The molecular weight excluding hydrogens is 416 g/mol. The van der Waals surface area contributed by atoms with Gasteiger partial charge in [0.25, 0.3) is 0 Å². The Labute approximate surface area is 181 Å². The summed E-state index contributed by atoms with van der Waals surface area (Å²) >= 11 is 1.43. The van der Waals surface area contributed by atoms with E-state index in [1.54, 1.807) is 25.8 Å². The summed E-state index contributed by atoms with van der Waals surface area (Å²) in [5.74, 6) is 2.77. The van der Waals surface area contributed by atoms with E-state index in [9.17, 15) is 0 Å². The van der Waals surface area contributed by atoms with Crippen molar-refractivity contribution in [2.75, 3.05) is 21.3 Å². The fourth-order valence-corrected chi connectivity index (χ4v) is 4.08. The van der Waals surface area contributed by atoms with Crippen LogP contribution in [0.2, 0.25) is 0 Å². The molecule has 0 aliphatic heterocycles. The number of nitrogens with zero attached hydrogens (tertiary/aromatic N) is 5. The van der Waals surface area contributed by atoms with E-state index < -0.39 is 0 Å². The number of rotatable bonds is 6. The molecule has 1 N–H and O–H groups in total. The third-order valence-corrected chi connectivity index (χ3v) is 5.77. The molecule has 5 aromatic rings. The molecule has 3 aromatic heterocycles. The van der Waals surface area contributed by atoms with Crippen LogP contribution in [0.25, 0.3) is 38.3 Å². The number of aromatic amines is 1. The summed E-state index contributed by atoms with van der Waals surface area (Å²) < 4.78 is 17.7. The molecular formula is C21H18N6O3S. The van der Waals surface area contributed by atoms with Gasteiger partial charge in [0.15, 0.2) is 5.01 Å². The molecule has 0 fully saturated rings. The standard InChI is InChI=1S/C21H18N6O3S/c1-28-13-6-4-12(5-7-13)16-11-17(23-22-16)19-24-25-21-27(19)26-20(31-21)15-9-8-14(29-2)10-18(15)30-3/h4-11H,1-3H3,(H,22,23). The van der Waals surface area contributed by atoms with Crippen LogP contribution in [0, 0.1) is 0 Å². The molecule has 0 aliphatic carbocycles. The second-order valence-electron chi connectivity index (χ2n) is 6.59. The molecule has 2 aromatic carbocycles. The maximum atomic E-state index is 5.51. The second kappa shape index (κ2) is 7.73. The van der Waals surface area contributed by atoms with Gasteiger partial charge in [0.1, 0.15) is 22.9 Å². The molecule has 31 heavy (non-hydrogen) atoms. The highest BCUT2D eigenvalue weighted by atomic mass is 32.1. The normalized spacial score (nSPS) is 11.1.